The predicted molar refractivity (Wildman–Crippen MR) is 72.7 cm³/mol. The molecule has 0 aromatic carbocycles. The Bertz CT molecular complexity index is 762. The van der Waals surface area contributed by atoms with Crippen molar-refractivity contribution < 1.29 is 0 Å². The molecule has 3 heterocycles. The standard InChI is InChI=1S/C13H8N6S/c14-8-10-2-1-3-11(16-10)20-13-17-12(18-19-13)9-4-6-15-7-5-9/h1-7H,(H,17,18,19). The molecule has 1 N–H and O–H groups in total. The molecule has 0 aliphatic heterocycles. The van der Waals surface area contributed by atoms with Crippen molar-refractivity contribution in [2.75, 3.05) is 0 Å². The number of nitriles is 1. The van der Waals surface area contributed by atoms with Crippen LogP contribution in [0, 0.1) is 11.3 Å². The lowest BCUT2D eigenvalue weighted by molar-refractivity contribution is 0.966. The molecule has 0 saturated heterocycles. The summed E-state index contributed by atoms with van der Waals surface area (Å²) < 4.78 is 0. The van der Waals surface area contributed by atoms with E-state index >= 15 is 0 Å². The first-order valence-electron chi connectivity index (χ1n) is 5.73. The van der Waals surface area contributed by atoms with Crippen LogP contribution in [-0.2, 0) is 0 Å². The van der Waals surface area contributed by atoms with Gasteiger partial charge in [-0.3, -0.25) is 10.1 Å². The molecule has 0 radical (unpaired) electrons. The highest BCUT2D eigenvalue weighted by Crippen LogP contribution is 2.24. The second-order valence-electron chi connectivity index (χ2n) is 3.78. The molecule has 3 aromatic rings. The van der Waals surface area contributed by atoms with E-state index in [4.69, 9.17) is 5.26 Å². The maximum absolute atomic E-state index is 8.82. The molecule has 6 nitrogen and oxygen atoms in total. The van der Waals surface area contributed by atoms with E-state index in [1.165, 1.54) is 11.8 Å². The fourth-order valence-corrected chi connectivity index (χ4v) is 2.26. The first-order chi connectivity index (χ1) is 9.85. The molecule has 3 rings (SSSR count). The third-order valence-electron chi connectivity index (χ3n) is 2.45. The zero-order chi connectivity index (χ0) is 13.8. The van der Waals surface area contributed by atoms with Gasteiger partial charge in [0.1, 0.15) is 16.8 Å². The summed E-state index contributed by atoms with van der Waals surface area (Å²) >= 11 is 1.30. The molecular formula is C13H8N6S. The predicted octanol–water partition coefficient (Wildman–Crippen LogP) is 2.28. The van der Waals surface area contributed by atoms with E-state index in [2.05, 4.69) is 25.1 Å². The minimum Gasteiger partial charge on any atom is -0.265 e. The monoisotopic (exact) mass is 280 g/mol. The maximum Gasteiger partial charge on any atom is 0.215 e. The highest BCUT2D eigenvalue weighted by atomic mass is 32.2. The normalized spacial score (nSPS) is 10.2. The van der Waals surface area contributed by atoms with Gasteiger partial charge >= 0.3 is 0 Å². The molecule has 0 amide bonds. The zero-order valence-electron chi connectivity index (χ0n) is 10.2. The van der Waals surface area contributed by atoms with Crippen LogP contribution in [0.15, 0.2) is 52.9 Å². The van der Waals surface area contributed by atoms with Crippen LogP contribution in [0.5, 0.6) is 0 Å². The van der Waals surface area contributed by atoms with Gasteiger partial charge < -0.3 is 0 Å². The first-order valence-corrected chi connectivity index (χ1v) is 6.54. The summed E-state index contributed by atoms with van der Waals surface area (Å²) in [6.45, 7) is 0. The summed E-state index contributed by atoms with van der Waals surface area (Å²) in [4.78, 5) is 12.5. The Morgan fingerprint density at radius 1 is 1.10 bits per heavy atom. The highest BCUT2D eigenvalue weighted by Gasteiger charge is 2.08. The number of aromatic amines is 1. The van der Waals surface area contributed by atoms with Crippen molar-refractivity contribution in [3.63, 3.8) is 0 Å². The SMILES string of the molecule is N#Cc1cccc(Sc2n[nH]c(-c3ccncc3)n2)n1. The minimum atomic E-state index is 0.375. The molecule has 7 heteroatoms. The molecule has 96 valence electrons. The lowest BCUT2D eigenvalue weighted by atomic mass is 10.3. The van der Waals surface area contributed by atoms with Gasteiger partial charge in [0.25, 0.3) is 0 Å². The average Bonchev–Trinajstić information content (AvgIpc) is 2.97. The molecule has 0 spiro atoms. The van der Waals surface area contributed by atoms with Crippen molar-refractivity contribution in [3.05, 3.63) is 48.4 Å². The number of nitrogens with zero attached hydrogens (tertiary/aromatic N) is 5. The number of nitrogens with one attached hydrogen (secondary N) is 1. The maximum atomic E-state index is 8.82. The Morgan fingerprint density at radius 3 is 2.75 bits per heavy atom. The van der Waals surface area contributed by atoms with Gasteiger partial charge in [0.15, 0.2) is 5.82 Å². The van der Waals surface area contributed by atoms with Crippen molar-refractivity contribution in [3.8, 4) is 17.5 Å². The topological polar surface area (TPSA) is 91.1 Å². The van der Waals surface area contributed by atoms with Crippen LogP contribution in [0.3, 0.4) is 0 Å². The fourth-order valence-electron chi connectivity index (χ4n) is 1.56. The molecule has 0 bridgehead atoms. The summed E-state index contributed by atoms with van der Waals surface area (Å²) in [6.07, 6.45) is 3.39. The molecule has 0 unspecified atom stereocenters. The molecule has 0 aliphatic carbocycles. The molecule has 0 atom stereocenters. The molecule has 0 fully saturated rings. The van der Waals surface area contributed by atoms with Crippen LogP contribution in [-0.4, -0.2) is 25.1 Å². The second kappa shape index (κ2) is 5.50. The molecule has 20 heavy (non-hydrogen) atoms. The quantitative estimate of drug-likeness (QED) is 0.791. The third-order valence-corrected chi connectivity index (χ3v) is 3.25. The van der Waals surface area contributed by atoms with Gasteiger partial charge in [0.05, 0.1) is 0 Å². The van der Waals surface area contributed by atoms with Gasteiger partial charge in [-0.15, -0.1) is 5.10 Å². The van der Waals surface area contributed by atoms with Gasteiger partial charge in [-0.1, -0.05) is 6.07 Å². The number of H-pyrrole nitrogens is 1. The Hall–Kier alpha value is -2.72. The van der Waals surface area contributed by atoms with E-state index in [1.54, 1.807) is 24.5 Å². The van der Waals surface area contributed by atoms with Gasteiger partial charge in [0, 0.05) is 18.0 Å². The Morgan fingerprint density at radius 2 is 1.95 bits per heavy atom. The lowest BCUT2D eigenvalue weighted by Crippen LogP contribution is -1.85. The van der Waals surface area contributed by atoms with E-state index in [-0.39, 0.29) is 0 Å². The van der Waals surface area contributed by atoms with Crippen LogP contribution in [0.2, 0.25) is 0 Å². The minimum absolute atomic E-state index is 0.375. The summed E-state index contributed by atoms with van der Waals surface area (Å²) in [5.41, 5.74) is 1.29. The van der Waals surface area contributed by atoms with Crippen LogP contribution in [0.4, 0.5) is 0 Å². The first kappa shape index (κ1) is 12.3. The largest absolute Gasteiger partial charge is 0.265 e. The van der Waals surface area contributed by atoms with Gasteiger partial charge in [0.2, 0.25) is 5.16 Å². The summed E-state index contributed by atoms with van der Waals surface area (Å²) in [6, 6.07) is 11.0. The van der Waals surface area contributed by atoms with Crippen molar-refractivity contribution in [2.45, 2.75) is 10.2 Å². The summed E-state index contributed by atoms with van der Waals surface area (Å²) in [5.74, 6) is 0.673. The van der Waals surface area contributed by atoms with E-state index < -0.39 is 0 Å². The summed E-state index contributed by atoms with van der Waals surface area (Å²) in [5, 5.41) is 17.1. The van der Waals surface area contributed by atoms with E-state index in [9.17, 15) is 0 Å². The van der Waals surface area contributed by atoms with Crippen LogP contribution >= 0.6 is 11.8 Å². The van der Waals surface area contributed by atoms with Crippen molar-refractivity contribution in [2.24, 2.45) is 0 Å². The fraction of sp³-hybridized carbons (Fsp3) is 0. The number of aromatic nitrogens is 5. The van der Waals surface area contributed by atoms with Crippen molar-refractivity contribution >= 4 is 11.8 Å². The lowest BCUT2D eigenvalue weighted by Gasteiger charge is -1.95. The zero-order valence-corrected chi connectivity index (χ0v) is 11.0. The number of pyridine rings is 2. The van der Waals surface area contributed by atoms with Crippen LogP contribution < -0.4 is 0 Å². The third kappa shape index (κ3) is 2.65. The van der Waals surface area contributed by atoms with Crippen LogP contribution in [0.25, 0.3) is 11.4 Å². The second-order valence-corrected chi connectivity index (χ2v) is 4.76. The van der Waals surface area contributed by atoms with Gasteiger partial charge in [-0.05, 0) is 36.0 Å². The van der Waals surface area contributed by atoms with E-state index in [1.807, 2.05) is 24.3 Å². The van der Waals surface area contributed by atoms with E-state index in [0.717, 1.165) is 5.56 Å². The Labute approximate surface area is 118 Å². The number of hydrogen-bond acceptors (Lipinski definition) is 6. The molecule has 3 aromatic heterocycles. The Balaban J connectivity index is 1.83. The molecular weight excluding hydrogens is 272 g/mol. The Kier molecular flexibility index (Phi) is 3.39. The smallest absolute Gasteiger partial charge is 0.215 e. The van der Waals surface area contributed by atoms with Crippen molar-refractivity contribution in [1.29, 1.82) is 5.26 Å². The highest BCUT2D eigenvalue weighted by molar-refractivity contribution is 7.99. The number of rotatable bonds is 3. The average molecular weight is 280 g/mol. The number of hydrogen-bond donors (Lipinski definition) is 1. The van der Waals surface area contributed by atoms with Crippen molar-refractivity contribution in [1.82, 2.24) is 25.1 Å². The van der Waals surface area contributed by atoms with Gasteiger partial charge in [-0.25, -0.2) is 9.97 Å². The summed E-state index contributed by atoms with van der Waals surface area (Å²) in [7, 11) is 0. The molecule has 0 aliphatic rings. The van der Waals surface area contributed by atoms with Gasteiger partial charge in [-0.2, -0.15) is 5.26 Å². The van der Waals surface area contributed by atoms with E-state index in [0.29, 0.717) is 21.7 Å². The van der Waals surface area contributed by atoms with Crippen LogP contribution in [0.1, 0.15) is 5.69 Å². The molecule has 0 saturated carbocycles.